The van der Waals surface area contributed by atoms with Crippen LogP contribution in [0, 0.1) is 5.92 Å². The average Bonchev–Trinajstić information content (AvgIpc) is 2.70. The van der Waals surface area contributed by atoms with Gasteiger partial charge < -0.3 is 15.4 Å². The molecule has 0 aliphatic heterocycles. The fourth-order valence-electron chi connectivity index (χ4n) is 2.61. The van der Waals surface area contributed by atoms with Crippen molar-refractivity contribution >= 4 is 46.7 Å². The maximum Gasteiger partial charge on any atom is 0.417 e. The summed E-state index contributed by atoms with van der Waals surface area (Å²) in [5.41, 5.74) is -1.13. The largest absolute Gasteiger partial charge is 0.454 e. The minimum absolute atomic E-state index is 0.161. The first-order valence-corrected chi connectivity index (χ1v) is 10.0. The third-order valence-electron chi connectivity index (χ3n) is 4.23. The van der Waals surface area contributed by atoms with Crippen LogP contribution in [0.2, 0.25) is 10.0 Å². The minimum Gasteiger partial charge on any atom is -0.454 e. The van der Waals surface area contributed by atoms with Crippen LogP contribution in [0.4, 0.5) is 18.9 Å². The monoisotopic (exact) mass is 490 g/mol. The molecule has 0 heterocycles. The van der Waals surface area contributed by atoms with Gasteiger partial charge in [0.25, 0.3) is 11.8 Å². The number of esters is 1. The van der Waals surface area contributed by atoms with E-state index in [-0.39, 0.29) is 22.2 Å². The zero-order valence-electron chi connectivity index (χ0n) is 16.9. The van der Waals surface area contributed by atoms with Crippen molar-refractivity contribution in [2.45, 2.75) is 26.1 Å². The predicted molar refractivity (Wildman–Crippen MR) is 114 cm³/mol. The summed E-state index contributed by atoms with van der Waals surface area (Å²) in [6, 6.07) is 8.00. The van der Waals surface area contributed by atoms with E-state index in [0.29, 0.717) is 6.07 Å². The molecule has 2 amide bonds. The van der Waals surface area contributed by atoms with Crippen molar-refractivity contribution in [3.05, 3.63) is 63.6 Å². The summed E-state index contributed by atoms with van der Waals surface area (Å²) in [7, 11) is 0. The molecule has 172 valence electrons. The highest BCUT2D eigenvalue weighted by atomic mass is 35.5. The average molecular weight is 491 g/mol. The lowest BCUT2D eigenvalue weighted by molar-refractivity contribution is -0.150. The molecule has 0 saturated heterocycles. The molecule has 0 aromatic heterocycles. The minimum atomic E-state index is -4.70. The molecule has 2 aromatic rings. The summed E-state index contributed by atoms with van der Waals surface area (Å²) in [5, 5.41) is 4.39. The van der Waals surface area contributed by atoms with Crippen molar-refractivity contribution in [2.75, 3.05) is 11.9 Å². The molecule has 2 rings (SSSR count). The van der Waals surface area contributed by atoms with E-state index in [4.69, 9.17) is 27.9 Å². The number of carbonyl (C=O) groups excluding carboxylic acids is 3. The van der Waals surface area contributed by atoms with E-state index >= 15 is 0 Å². The molecule has 0 aliphatic rings. The predicted octanol–water partition coefficient (Wildman–Crippen LogP) is 4.95. The Kier molecular flexibility index (Phi) is 8.51. The second-order valence-corrected chi connectivity index (χ2v) is 7.84. The van der Waals surface area contributed by atoms with Gasteiger partial charge in [-0.05, 0) is 36.2 Å². The lowest BCUT2D eigenvalue weighted by atomic mass is 10.0. The van der Waals surface area contributed by atoms with E-state index in [1.54, 1.807) is 26.0 Å². The van der Waals surface area contributed by atoms with Gasteiger partial charge in [0, 0.05) is 5.69 Å². The van der Waals surface area contributed by atoms with Crippen molar-refractivity contribution in [3.63, 3.8) is 0 Å². The summed E-state index contributed by atoms with van der Waals surface area (Å²) >= 11 is 11.5. The number of hydrogen-bond donors (Lipinski definition) is 2. The standard InChI is InChI=1S/C21H19Cl2F3N2O4/c1-11(2)18(28-19(30)13-5-3-4-6-15(13)22)20(31)32-10-17(29)27-12-7-8-16(23)14(9-12)21(24,25)26/h3-9,11,18H,10H2,1-2H3,(H,27,29)(H,28,30)/t18-/m0/s1. The van der Waals surface area contributed by atoms with Gasteiger partial charge in [-0.1, -0.05) is 49.2 Å². The van der Waals surface area contributed by atoms with Crippen LogP contribution in [-0.2, 0) is 20.5 Å². The molecule has 1 atom stereocenters. The van der Waals surface area contributed by atoms with Gasteiger partial charge >= 0.3 is 12.1 Å². The van der Waals surface area contributed by atoms with Crippen LogP contribution in [0.1, 0.15) is 29.8 Å². The van der Waals surface area contributed by atoms with Crippen LogP contribution >= 0.6 is 23.2 Å². The quantitative estimate of drug-likeness (QED) is 0.537. The van der Waals surface area contributed by atoms with E-state index in [0.717, 1.165) is 6.07 Å². The molecule has 11 heteroatoms. The van der Waals surface area contributed by atoms with Crippen LogP contribution < -0.4 is 10.6 Å². The fourth-order valence-corrected chi connectivity index (χ4v) is 3.05. The van der Waals surface area contributed by atoms with E-state index in [9.17, 15) is 27.6 Å². The molecule has 0 saturated carbocycles. The highest BCUT2D eigenvalue weighted by Crippen LogP contribution is 2.36. The molecule has 0 spiro atoms. The summed E-state index contributed by atoms with van der Waals surface area (Å²) in [5.74, 6) is -2.74. The lowest BCUT2D eigenvalue weighted by Crippen LogP contribution is -2.46. The highest BCUT2D eigenvalue weighted by molar-refractivity contribution is 6.33. The van der Waals surface area contributed by atoms with Crippen molar-refractivity contribution in [2.24, 2.45) is 5.92 Å². The SMILES string of the molecule is CC(C)[C@H](NC(=O)c1ccccc1Cl)C(=O)OCC(=O)Nc1ccc(Cl)c(C(F)(F)F)c1. The molecule has 0 aliphatic carbocycles. The maximum absolute atomic E-state index is 12.9. The second kappa shape index (κ2) is 10.7. The van der Waals surface area contributed by atoms with Crippen LogP contribution in [0.3, 0.4) is 0 Å². The molecule has 0 unspecified atom stereocenters. The first-order chi connectivity index (χ1) is 14.9. The molecule has 32 heavy (non-hydrogen) atoms. The van der Waals surface area contributed by atoms with Gasteiger partial charge in [-0.25, -0.2) is 4.79 Å². The van der Waals surface area contributed by atoms with Gasteiger partial charge in [0.15, 0.2) is 6.61 Å². The first-order valence-electron chi connectivity index (χ1n) is 9.28. The fraction of sp³-hybridized carbons (Fsp3) is 0.286. The van der Waals surface area contributed by atoms with Crippen LogP contribution in [0.15, 0.2) is 42.5 Å². The number of hydrogen-bond acceptors (Lipinski definition) is 4. The number of benzene rings is 2. The number of nitrogens with one attached hydrogen (secondary N) is 2. The van der Waals surface area contributed by atoms with E-state index in [2.05, 4.69) is 10.6 Å². The zero-order valence-corrected chi connectivity index (χ0v) is 18.4. The number of ether oxygens (including phenoxy) is 1. The van der Waals surface area contributed by atoms with Gasteiger partial charge in [-0.15, -0.1) is 0 Å². The number of carbonyl (C=O) groups is 3. The van der Waals surface area contributed by atoms with Gasteiger partial charge in [0.1, 0.15) is 6.04 Å². The second-order valence-electron chi connectivity index (χ2n) is 7.02. The molecule has 6 nitrogen and oxygen atoms in total. The summed E-state index contributed by atoms with van der Waals surface area (Å²) in [4.78, 5) is 36.9. The van der Waals surface area contributed by atoms with Crippen molar-refractivity contribution in [1.82, 2.24) is 5.32 Å². The summed E-state index contributed by atoms with van der Waals surface area (Å²) in [6.07, 6.45) is -4.70. The Bertz CT molecular complexity index is 1010. The number of halogens is 5. The maximum atomic E-state index is 12.9. The Morgan fingerprint density at radius 3 is 2.28 bits per heavy atom. The Morgan fingerprint density at radius 1 is 1.03 bits per heavy atom. The summed E-state index contributed by atoms with van der Waals surface area (Å²) in [6.45, 7) is 2.55. The van der Waals surface area contributed by atoms with Crippen LogP contribution in [-0.4, -0.2) is 30.4 Å². The van der Waals surface area contributed by atoms with E-state index < -0.39 is 47.2 Å². The Balaban J connectivity index is 1.99. The Labute approximate surface area is 192 Å². The molecular weight excluding hydrogens is 472 g/mol. The van der Waals surface area contributed by atoms with Crippen LogP contribution in [0.5, 0.6) is 0 Å². The molecule has 0 bridgehead atoms. The molecule has 0 fully saturated rings. The Hall–Kier alpha value is -2.78. The molecule has 0 radical (unpaired) electrons. The molecule has 2 N–H and O–H groups in total. The highest BCUT2D eigenvalue weighted by Gasteiger charge is 2.33. The van der Waals surface area contributed by atoms with Crippen molar-refractivity contribution in [3.8, 4) is 0 Å². The lowest BCUT2D eigenvalue weighted by Gasteiger charge is -2.21. The van der Waals surface area contributed by atoms with E-state index in [1.807, 2.05) is 0 Å². The number of amides is 2. The van der Waals surface area contributed by atoms with Crippen LogP contribution in [0.25, 0.3) is 0 Å². The van der Waals surface area contributed by atoms with Crippen molar-refractivity contribution in [1.29, 1.82) is 0 Å². The Morgan fingerprint density at radius 2 is 1.69 bits per heavy atom. The normalized spacial score (nSPS) is 12.2. The van der Waals surface area contributed by atoms with Gasteiger partial charge in [-0.2, -0.15) is 13.2 Å². The topological polar surface area (TPSA) is 84.5 Å². The zero-order chi connectivity index (χ0) is 24.1. The first kappa shape index (κ1) is 25.5. The third-order valence-corrected chi connectivity index (χ3v) is 4.89. The van der Waals surface area contributed by atoms with E-state index in [1.165, 1.54) is 18.2 Å². The summed E-state index contributed by atoms with van der Waals surface area (Å²) < 4.78 is 43.7. The van der Waals surface area contributed by atoms with Gasteiger partial charge in [-0.3, -0.25) is 9.59 Å². The third kappa shape index (κ3) is 6.86. The number of anilines is 1. The van der Waals surface area contributed by atoms with Crippen molar-refractivity contribution < 1.29 is 32.3 Å². The van der Waals surface area contributed by atoms with Gasteiger partial charge in [0.2, 0.25) is 0 Å². The number of rotatable bonds is 7. The molecular formula is C21H19Cl2F3N2O4. The molecule has 2 aromatic carbocycles. The van der Waals surface area contributed by atoms with Gasteiger partial charge in [0.05, 0.1) is 21.2 Å². The number of alkyl halides is 3. The smallest absolute Gasteiger partial charge is 0.417 e.